The third-order valence-electron chi connectivity index (χ3n) is 5.13. The first-order valence-electron chi connectivity index (χ1n) is 8.94. The van der Waals surface area contributed by atoms with Gasteiger partial charge in [-0.25, -0.2) is 0 Å². The fourth-order valence-electron chi connectivity index (χ4n) is 3.73. The number of nitrogens with zero attached hydrogens (tertiary/aromatic N) is 3. The molecule has 1 unspecified atom stereocenters. The van der Waals surface area contributed by atoms with Gasteiger partial charge in [-0.3, -0.25) is 9.48 Å². The van der Waals surface area contributed by atoms with Crippen LogP contribution in [0.5, 0.6) is 0 Å². The number of aryl methyl sites for hydroxylation is 1. The van der Waals surface area contributed by atoms with Gasteiger partial charge in [-0.1, -0.05) is 48.0 Å². The van der Waals surface area contributed by atoms with Crippen LogP contribution in [0.1, 0.15) is 21.5 Å². The summed E-state index contributed by atoms with van der Waals surface area (Å²) in [7, 11) is 1.86. The highest BCUT2D eigenvalue weighted by molar-refractivity contribution is 6.33. The Kier molecular flexibility index (Phi) is 4.72. The Morgan fingerprint density at radius 2 is 2.00 bits per heavy atom. The Bertz CT molecular complexity index is 964. The molecule has 5 nitrogen and oxygen atoms in total. The Hall–Kier alpha value is -2.63. The first-order chi connectivity index (χ1) is 13.1. The summed E-state index contributed by atoms with van der Waals surface area (Å²) in [6, 6.07) is 16.0. The van der Waals surface area contributed by atoms with Crippen molar-refractivity contribution in [3.8, 4) is 11.3 Å². The third kappa shape index (κ3) is 3.24. The number of halogens is 1. The van der Waals surface area contributed by atoms with Gasteiger partial charge in [0.25, 0.3) is 5.91 Å². The smallest absolute Gasteiger partial charge is 0.254 e. The maximum absolute atomic E-state index is 12.9. The van der Waals surface area contributed by atoms with Crippen molar-refractivity contribution >= 4 is 17.5 Å². The highest BCUT2D eigenvalue weighted by Crippen LogP contribution is 2.32. The van der Waals surface area contributed by atoms with Gasteiger partial charge in [0.15, 0.2) is 0 Å². The summed E-state index contributed by atoms with van der Waals surface area (Å²) in [5.41, 5.74) is 10.8. The topological polar surface area (TPSA) is 64.2 Å². The van der Waals surface area contributed by atoms with Crippen LogP contribution >= 0.6 is 11.6 Å². The fourth-order valence-corrected chi connectivity index (χ4v) is 4.00. The van der Waals surface area contributed by atoms with E-state index >= 15 is 0 Å². The van der Waals surface area contributed by atoms with Gasteiger partial charge in [-0.2, -0.15) is 5.10 Å². The molecule has 4 rings (SSSR count). The molecule has 2 heterocycles. The number of amides is 1. The maximum Gasteiger partial charge on any atom is 0.254 e. The molecule has 0 saturated carbocycles. The van der Waals surface area contributed by atoms with E-state index in [-0.39, 0.29) is 11.9 Å². The molecule has 2 N–H and O–H groups in total. The Labute approximate surface area is 163 Å². The van der Waals surface area contributed by atoms with Crippen molar-refractivity contribution in [2.75, 3.05) is 6.54 Å². The van der Waals surface area contributed by atoms with Gasteiger partial charge in [-0.15, -0.1) is 0 Å². The van der Waals surface area contributed by atoms with Crippen LogP contribution < -0.4 is 5.73 Å². The monoisotopic (exact) mass is 380 g/mol. The summed E-state index contributed by atoms with van der Waals surface area (Å²) in [4.78, 5) is 14.8. The highest BCUT2D eigenvalue weighted by atomic mass is 35.5. The van der Waals surface area contributed by atoms with Crippen molar-refractivity contribution in [1.29, 1.82) is 0 Å². The molecule has 1 atom stereocenters. The van der Waals surface area contributed by atoms with Crippen LogP contribution in [0.4, 0.5) is 0 Å². The van der Waals surface area contributed by atoms with Crippen molar-refractivity contribution in [1.82, 2.24) is 14.7 Å². The lowest BCUT2D eigenvalue weighted by Gasteiger charge is -2.26. The van der Waals surface area contributed by atoms with Crippen LogP contribution in [-0.4, -0.2) is 33.2 Å². The summed E-state index contributed by atoms with van der Waals surface area (Å²) in [6.07, 6.45) is 2.38. The van der Waals surface area contributed by atoms with Gasteiger partial charge in [0.05, 0.1) is 16.9 Å². The van der Waals surface area contributed by atoms with Gasteiger partial charge in [-0.05, 0) is 29.7 Å². The SMILES string of the molecule is Cn1ncc(Cl)c1-c1ccc2c(c1)CN(C(CN)Cc1ccccc1)C2=O. The number of benzene rings is 2. The van der Waals surface area contributed by atoms with Crippen LogP contribution in [0.2, 0.25) is 5.02 Å². The summed E-state index contributed by atoms with van der Waals surface area (Å²) < 4.78 is 1.75. The molecule has 0 saturated heterocycles. The first-order valence-corrected chi connectivity index (χ1v) is 9.32. The van der Waals surface area contributed by atoms with Crippen LogP contribution in [0.25, 0.3) is 11.3 Å². The minimum atomic E-state index is -0.0314. The fraction of sp³-hybridized carbons (Fsp3) is 0.238. The number of carbonyl (C=O) groups excluding carboxylic acids is 1. The lowest BCUT2D eigenvalue weighted by Crippen LogP contribution is -2.42. The number of aromatic nitrogens is 2. The van der Waals surface area contributed by atoms with E-state index in [1.54, 1.807) is 10.9 Å². The molecular formula is C21H21ClN4O. The van der Waals surface area contributed by atoms with Gasteiger partial charge in [0.2, 0.25) is 0 Å². The van der Waals surface area contributed by atoms with Crippen LogP contribution in [0.3, 0.4) is 0 Å². The van der Waals surface area contributed by atoms with E-state index in [4.69, 9.17) is 17.3 Å². The number of hydrogen-bond donors (Lipinski definition) is 1. The van der Waals surface area contributed by atoms with E-state index in [0.717, 1.165) is 28.8 Å². The second-order valence-corrected chi connectivity index (χ2v) is 7.26. The van der Waals surface area contributed by atoms with Gasteiger partial charge in [0.1, 0.15) is 0 Å². The molecule has 0 aliphatic carbocycles. The van der Waals surface area contributed by atoms with Crippen molar-refractivity contribution < 1.29 is 4.79 Å². The molecule has 6 heteroatoms. The molecule has 0 bridgehead atoms. The summed E-state index contributed by atoms with van der Waals surface area (Å²) in [6.45, 7) is 0.987. The molecule has 138 valence electrons. The predicted molar refractivity (Wildman–Crippen MR) is 107 cm³/mol. The number of carbonyl (C=O) groups is 1. The quantitative estimate of drug-likeness (QED) is 0.738. The minimum Gasteiger partial charge on any atom is -0.330 e. The van der Waals surface area contributed by atoms with E-state index in [2.05, 4.69) is 17.2 Å². The summed E-state index contributed by atoms with van der Waals surface area (Å²) in [5.74, 6) is 0.0408. The van der Waals surface area contributed by atoms with Crippen LogP contribution in [0, 0.1) is 0 Å². The molecule has 0 radical (unpaired) electrons. The molecule has 3 aromatic rings. The molecule has 2 aromatic carbocycles. The third-order valence-corrected chi connectivity index (χ3v) is 5.41. The zero-order valence-electron chi connectivity index (χ0n) is 15.1. The van der Waals surface area contributed by atoms with Gasteiger partial charge < -0.3 is 10.6 Å². The lowest BCUT2D eigenvalue weighted by molar-refractivity contribution is 0.0708. The normalized spacial score (nSPS) is 14.5. The predicted octanol–water partition coefficient (Wildman–Crippen LogP) is 3.27. The molecule has 1 aliphatic rings. The molecule has 27 heavy (non-hydrogen) atoms. The van der Waals surface area contributed by atoms with E-state index in [9.17, 15) is 4.79 Å². The van der Waals surface area contributed by atoms with Crippen molar-refractivity contribution in [3.05, 3.63) is 76.4 Å². The molecule has 0 fully saturated rings. The lowest BCUT2D eigenvalue weighted by atomic mass is 10.0. The van der Waals surface area contributed by atoms with E-state index < -0.39 is 0 Å². The van der Waals surface area contributed by atoms with E-state index in [0.29, 0.717) is 18.1 Å². The average molecular weight is 381 g/mol. The molecule has 0 spiro atoms. The molecular weight excluding hydrogens is 360 g/mol. The van der Waals surface area contributed by atoms with Gasteiger partial charge in [0, 0.05) is 37.3 Å². The standard InChI is InChI=1S/C21H21ClN4O/c1-25-20(19(22)12-24-25)15-7-8-18-16(10-15)13-26(21(18)27)17(11-23)9-14-5-3-2-4-6-14/h2-8,10,12,17H,9,11,13,23H2,1H3. The molecule has 1 aromatic heterocycles. The number of hydrogen-bond acceptors (Lipinski definition) is 3. The number of rotatable bonds is 5. The first kappa shape index (κ1) is 17.8. The zero-order valence-corrected chi connectivity index (χ0v) is 15.9. The van der Waals surface area contributed by atoms with Crippen LogP contribution in [-0.2, 0) is 20.0 Å². The maximum atomic E-state index is 12.9. The highest BCUT2D eigenvalue weighted by Gasteiger charge is 2.32. The Morgan fingerprint density at radius 1 is 1.22 bits per heavy atom. The largest absolute Gasteiger partial charge is 0.330 e. The number of nitrogens with two attached hydrogens (primary N) is 1. The van der Waals surface area contributed by atoms with Crippen molar-refractivity contribution in [2.45, 2.75) is 19.0 Å². The van der Waals surface area contributed by atoms with Crippen LogP contribution in [0.15, 0.2) is 54.7 Å². The van der Waals surface area contributed by atoms with Crippen molar-refractivity contribution in [2.24, 2.45) is 12.8 Å². The summed E-state index contributed by atoms with van der Waals surface area (Å²) >= 11 is 6.27. The van der Waals surface area contributed by atoms with Gasteiger partial charge >= 0.3 is 0 Å². The minimum absolute atomic E-state index is 0.0314. The summed E-state index contributed by atoms with van der Waals surface area (Å²) in [5, 5.41) is 4.79. The second kappa shape index (κ2) is 7.18. The van der Waals surface area contributed by atoms with Crippen molar-refractivity contribution in [3.63, 3.8) is 0 Å². The molecule has 1 aliphatic heterocycles. The van der Waals surface area contributed by atoms with E-state index in [1.807, 2.05) is 48.3 Å². The number of fused-ring (bicyclic) bond motifs is 1. The Balaban J connectivity index is 1.61. The second-order valence-electron chi connectivity index (χ2n) is 6.85. The molecule has 1 amide bonds. The Morgan fingerprint density at radius 3 is 2.67 bits per heavy atom. The zero-order chi connectivity index (χ0) is 19.0. The van der Waals surface area contributed by atoms with E-state index in [1.165, 1.54) is 5.56 Å². The average Bonchev–Trinajstić information content (AvgIpc) is 3.19.